The molecule has 0 saturated carbocycles. The van der Waals surface area contributed by atoms with Gasteiger partial charge in [0.1, 0.15) is 13.4 Å². The lowest BCUT2D eigenvalue weighted by Gasteiger charge is -2.11. The number of hydrogen-bond donors (Lipinski definition) is 1. The zero-order chi connectivity index (χ0) is 11.1. The SMILES string of the molecule is CO/N=C/N(C)C(=O)Nc1ccccc1. The highest BCUT2D eigenvalue weighted by molar-refractivity contribution is 5.95. The molecule has 2 amide bonds. The maximum absolute atomic E-state index is 11.5. The molecule has 0 heterocycles. The van der Waals surface area contributed by atoms with Crippen molar-refractivity contribution >= 4 is 18.1 Å². The minimum Gasteiger partial charge on any atom is -0.398 e. The van der Waals surface area contributed by atoms with E-state index in [4.69, 9.17) is 0 Å². The summed E-state index contributed by atoms with van der Waals surface area (Å²) in [4.78, 5) is 17.2. The highest BCUT2D eigenvalue weighted by Crippen LogP contribution is 2.05. The molecule has 15 heavy (non-hydrogen) atoms. The van der Waals surface area contributed by atoms with Crippen LogP contribution < -0.4 is 5.32 Å². The number of anilines is 1. The van der Waals surface area contributed by atoms with Gasteiger partial charge in [0, 0.05) is 12.7 Å². The molecule has 0 atom stereocenters. The molecule has 0 spiro atoms. The topological polar surface area (TPSA) is 53.9 Å². The lowest BCUT2D eigenvalue weighted by Crippen LogP contribution is -2.30. The van der Waals surface area contributed by atoms with E-state index in [1.165, 1.54) is 18.3 Å². The first-order valence-corrected chi connectivity index (χ1v) is 4.39. The zero-order valence-corrected chi connectivity index (χ0v) is 8.68. The van der Waals surface area contributed by atoms with Crippen LogP contribution in [0.15, 0.2) is 35.5 Å². The van der Waals surface area contributed by atoms with Crippen molar-refractivity contribution in [1.29, 1.82) is 0 Å². The Labute approximate surface area is 88.3 Å². The first-order chi connectivity index (χ1) is 7.24. The Morgan fingerprint density at radius 2 is 2.13 bits per heavy atom. The van der Waals surface area contributed by atoms with Crippen molar-refractivity contribution < 1.29 is 9.63 Å². The van der Waals surface area contributed by atoms with E-state index in [1.54, 1.807) is 19.2 Å². The number of amides is 2. The van der Waals surface area contributed by atoms with Crippen LogP contribution in [0.25, 0.3) is 0 Å². The fourth-order valence-corrected chi connectivity index (χ4v) is 0.903. The van der Waals surface area contributed by atoms with E-state index in [0.29, 0.717) is 0 Å². The Morgan fingerprint density at radius 3 is 2.73 bits per heavy atom. The Kier molecular flexibility index (Phi) is 4.15. The summed E-state index contributed by atoms with van der Waals surface area (Å²) in [5, 5.41) is 6.17. The van der Waals surface area contributed by atoms with Crippen molar-refractivity contribution in [3.8, 4) is 0 Å². The third kappa shape index (κ3) is 3.68. The quantitative estimate of drug-likeness (QED) is 0.466. The normalized spacial score (nSPS) is 10.0. The molecule has 1 N–H and O–H groups in total. The molecular weight excluding hydrogens is 194 g/mol. The van der Waals surface area contributed by atoms with Gasteiger partial charge in [0.05, 0.1) is 0 Å². The molecule has 0 radical (unpaired) electrons. The largest absolute Gasteiger partial charge is 0.398 e. The number of oxime groups is 1. The molecule has 0 aromatic heterocycles. The summed E-state index contributed by atoms with van der Waals surface area (Å²) >= 11 is 0. The molecule has 1 aromatic carbocycles. The fraction of sp³-hybridized carbons (Fsp3) is 0.200. The summed E-state index contributed by atoms with van der Waals surface area (Å²) in [5.41, 5.74) is 0.736. The van der Waals surface area contributed by atoms with Crippen LogP contribution in [0, 0.1) is 0 Å². The van der Waals surface area contributed by atoms with E-state index < -0.39 is 0 Å². The van der Waals surface area contributed by atoms with Gasteiger partial charge in [0.2, 0.25) is 0 Å². The number of nitrogens with one attached hydrogen (secondary N) is 1. The average molecular weight is 207 g/mol. The predicted octanol–water partition coefficient (Wildman–Crippen LogP) is 1.74. The predicted molar refractivity (Wildman–Crippen MR) is 58.7 cm³/mol. The second-order valence-electron chi connectivity index (χ2n) is 2.81. The fourth-order valence-electron chi connectivity index (χ4n) is 0.903. The molecule has 5 heteroatoms. The molecule has 1 rings (SSSR count). The van der Waals surface area contributed by atoms with Gasteiger partial charge in [-0.2, -0.15) is 0 Å². The second-order valence-corrected chi connectivity index (χ2v) is 2.81. The van der Waals surface area contributed by atoms with Crippen molar-refractivity contribution in [1.82, 2.24) is 4.90 Å². The van der Waals surface area contributed by atoms with Crippen LogP contribution in [0.2, 0.25) is 0 Å². The molecule has 0 fully saturated rings. The summed E-state index contributed by atoms with van der Waals surface area (Å²) in [6.45, 7) is 0. The monoisotopic (exact) mass is 207 g/mol. The Morgan fingerprint density at radius 1 is 1.47 bits per heavy atom. The Bertz CT molecular complexity index is 338. The number of hydrogen-bond acceptors (Lipinski definition) is 3. The van der Waals surface area contributed by atoms with Crippen molar-refractivity contribution in [3.05, 3.63) is 30.3 Å². The van der Waals surface area contributed by atoms with Gasteiger partial charge in [-0.05, 0) is 12.1 Å². The highest BCUT2D eigenvalue weighted by atomic mass is 16.6. The van der Waals surface area contributed by atoms with Crippen LogP contribution >= 0.6 is 0 Å². The number of benzene rings is 1. The zero-order valence-electron chi connectivity index (χ0n) is 8.68. The van der Waals surface area contributed by atoms with E-state index in [2.05, 4.69) is 15.3 Å². The van der Waals surface area contributed by atoms with Crippen molar-refractivity contribution in [2.45, 2.75) is 0 Å². The van der Waals surface area contributed by atoms with Crippen molar-refractivity contribution in [2.24, 2.45) is 5.16 Å². The van der Waals surface area contributed by atoms with Gasteiger partial charge in [-0.25, -0.2) is 4.79 Å². The van der Waals surface area contributed by atoms with Crippen molar-refractivity contribution in [2.75, 3.05) is 19.5 Å². The van der Waals surface area contributed by atoms with E-state index >= 15 is 0 Å². The van der Waals surface area contributed by atoms with Gasteiger partial charge >= 0.3 is 6.03 Å². The minimum absolute atomic E-state index is 0.276. The van der Waals surface area contributed by atoms with Gasteiger partial charge in [-0.15, -0.1) is 0 Å². The number of para-hydroxylation sites is 1. The maximum atomic E-state index is 11.5. The first kappa shape index (κ1) is 11.0. The van der Waals surface area contributed by atoms with E-state index in [0.717, 1.165) is 5.69 Å². The van der Waals surface area contributed by atoms with Gasteiger partial charge in [0.25, 0.3) is 0 Å². The number of urea groups is 1. The van der Waals surface area contributed by atoms with Gasteiger partial charge < -0.3 is 10.2 Å². The third-order valence-electron chi connectivity index (χ3n) is 1.67. The van der Waals surface area contributed by atoms with Crippen LogP contribution in [0.4, 0.5) is 10.5 Å². The number of carbonyl (C=O) groups is 1. The molecule has 1 aromatic rings. The minimum atomic E-state index is -0.276. The summed E-state index contributed by atoms with van der Waals surface area (Å²) in [6, 6.07) is 8.91. The van der Waals surface area contributed by atoms with Crippen LogP contribution in [-0.4, -0.2) is 31.4 Å². The summed E-state index contributed by atoms with van der Waals surface area (Å²) < 4.78 is 0. The number of nitrogens with zero attached hydrogens (tertiary/aromatic N) is 2. The molecule has 80 valence electrons. The van der Waals surface area contributed by atoms with E-state index in [-0.39, 0.29) is 6.03 Å². The lowest BCUT2D eigenvalue weighted by molar-refractivity contribution is 0.208. The molecule has 0 aliphatic heterocycles. The maximum Gasteiger partial charge on any atom is 0.326 e. The summed E-state index contributed by atoms with van der Waals surface area (Å²) in [6.07, 6.45) is 1.29. The third-order valence-corrected chi connectivity index (χ3v) is 1.67. The molecule has 0 unspecified atom stereocenters. The van der Waals surface area contributed by atoms with E-state index in [9.17, 15) is 4.79 Å². The Balaban J connectivity index is 2.52. The van der Waals surface area contributed by atoms with Gasteiger partial charge in [-0.3, -0.25) is 4.90 Å². The van der Waals surface area contributed by atoms with Crippen molar-refractivity contribution in [3.63, 3.8) is 0 Å². The smallest absolute Gasteiger partial charge is 0.326 e. The summed E-state index contributed by atoms with van der Waals surface area (Å²) in [5.74, 6) is 0. The molecule has 0 saturated heterocycles. The Hall–Kier alpha value is -2.04. The van der Waals surface area contributed by atoms with Crippen LogP contribution in [0.1, 0.15) is 0 Å². The van der Waals surface area contributed by atoms with Crippen LogP contribution in [0.5, 0.6) is 0 Å². The number of rotatable bonds is 3. The van der Waals surface area contributed by atoms with Gasteiger partial charge in [0.15, 0.2) is 0 Å². The molecular formula is C10H13N3O2. The van der Waals surface area contributed by atoms with Gasteiger partial charge in [-0.1, -0.05) is 23.4 Å². The highest BCUT2D eigenvalue weighted by Gasteiger charge is 2.05. The standard InChI is InChI=1S/C10H13N3O2/c1-13(8-11-15-2)10(14)12-9-6-4-3-5-7-9/h3-8H,1-2H3,(H,12,14)/b11-8+. The van der Waals surface area contributed by atoms with Crippen LogP contribution in [-0.2, 0) is 4.84 Å². The molecule has 0 bridgehead atoms. The average Bonchev–Trinajstić information content (AvgIpc) is 2.27. The number of carbonyl (C=O) groups excluding carboxylic acids is 1. The molecule has 5 nitrogen and oxygen atoms in total. The summed E-state index contributed by atoms with van der Waals surface area (Å²) in [7, 11) is 3.00. The molecule has 0 aliphatic carbocycles. The van der Waals surface area contributed by atoms with E-state index in [1.807, 2.05) is 18.2 Å². The first-order valence-electron chi connectivity index (χ1n) is 4.39. The van der Waals surface area contributed by atoms with Crippen LogP contribution in [0.3, 0.4) is 0 Å². The lowest BCUT2D eigenvalue weighted by atomic mass is 10.3. The second kappa shape index (κ2) is 5.64. The molecule has 0 aliphatic rings.